The van der Waals surface area contributed by atoms with Gasteiger partial charge in [-0.1, -0.05) is 31.2 Å². The van der Waals surface area contributed by atoms with Gasteiger partial charge in [-0.2, -0.15) is 5.26 Å². The van der Waals surface area contributed by atoms with Crippen LogP contribution in [-0.4, -0.2) is 14.2 Å². The number of nitrogens with zero attached hydrogens (tertiary/aromatic N) is 1. The average Bonchev–Trinajstić information content (AvgIpc) is 2.27. The first kappa shape index (κ1) is 12.7. The van der Waals surface area contributed by atoms with E-state index >= 15 is 0 Å². The van der Waals surface area contributed by atoms with Gasteiger partial charge < -0.3 is 0 Å². The van der Waals surface area contributed by atoms with E-state index in [2.05, 4.69) is 4.72 Å². The number of hydrogen-bond donors (Lipinski definition) is 1. The second-order valence-electron chi connectivity index (χ2n) is 3.36. The Kier molecular flexibility index (Phi) is 4.47. The van der Waals surface area contributed by atoms with Gasteiger partial charge in [-0.15, -0.1) is 0 Å². The summed E-state index contributed by atoms with van der Waals surface area (Å²) in [5, 5.41) is 8.33. The first-order valence-electron chi connectivity index (χ1n) is 5.00. The number of nitrogens with one attached hydrogen (secondary N) is 1. The number of nitriles is 1. The van der Waals surface area contributed by atoms with E-state index in [1.807, 2.05) is 31.2 Å². The minimum Gasteiger partial charge on any atom is -0.211 e. The van der Waals surface area contributed by atoms with Crippen molar-refractivity contribution in [3.05, 3.63) is 35.4 Å². The molecule has 0 amide bonds. The zero-order chi connectivity index (χ0) is 12.0. The molecule has 1 N–H and O–H groups in total. The molecular weight excluding hydrogens is 224 g/mol. The second kappa shape index (κ2) is 5.64. The van der Waals surface area contributed by atoms with Gasteiger partial charge in [0.05, 0.1) is 6.07 Å². The largest absolute Gasteiger partial charge is 0.225 e. The number of hydrogen-bond acceptors (Lipinski definition) is 3. The van der Waals surface area contributed by atoms with E-state index in [1.54, 1.807) is 6.07 Å². The molecule has 4 nitrogen and oxygen atoms in total. The Labute approximate surface area is 96.0 Å². The first-order chi connectivity index (χ1) is 7.59. The molecule has 0 atom stereocenters. The first-order valence-corrected chi connectivity index (χ1v) is 6.65. The molecule has 0 spiro atoms. The fourth-order valence-electron chi connectivity index (χ4n) is 1.40. The molecule has 5 heteroatoms. The number of rotatable bonds is 5. The minimum atomic E-state index is -3.47. The smallest absolute Gasteiger partial charge is 0.211 e. The normalized spacial score (nSPS) is 11.0. The summed E-state index contributed by atoms with van der Waals surface area (Å²) in [6.07, 6.45) is 0.857. The Morgan fingerprint density at radius 3 is 2.50 bits per heavy atom. The van der Waals surface area contributed by atoms with Gasteiger partial charge in [-0.05, 0) is 17.5 Å². The van der Waals surface area contributed by atoms with Gasteiger partial charge in [0.15, 0.2) is 5.75 Å². The maximum absolute atomic E-state index is 11.3. The minimum absolute atomic E-state index is 0.244. The summed E-state index contributed by atoms with van der Waals surface area (Å²) < 4.78 is 24.9. The van der Waals surface area contributed by atoms with Crippen LogP contribution in [0.5, 0.6) is 0 Å². The Morgan fingerprint density at radius 2 is 1.94 bits per heavy atom. The lowest BCUT2D eigenvalue weighted by Gasteiger charge is -2.08. The van der Waals surface area contributed by atoms with Crippen molar-refractivity contribution in [1.29, 1.82) is 5.26 Å². The summed E-state index contributed by atoms with van der Waals surface area (Å²) in [5.41, 5.74) is 2.06. The van der Waals surface area contributed by atoms with Crippen molar-refractivity contribution < 1.29 is 8.42 Å². The number of benzene rings is 1. The van der Waals surface area contributed by atoms with E-state index in [-0.39, 0.29) is 6.54 Å². The molecule has 1 aromatic rings. The van der Waals surface area contributed by atoms with E-state index in [0.717, 1.165) is 17.5 Å². The van der Waals surface area contributed by atoms with Crippen LogP contribution in [0.1, 0.15) is 18.1 Å². The van der Waals surface area contributed by atoms with Crippen molar-refractivity contribution in [2.24, 2.45) is 0 Å². The Hall–Kier alpha value is -1.38. The van der Waals surface area contributed by atoms with Crippen molar-refractivity contribution in [3.63, 3.8) is 0 Å². The molecule has 0 heterocycles. The van der Waals surface area contributed by atoms with Crippen molar-refractivity contribution >= 4 is 10.0 Å². The SMILES string of the molecule is CCc1ccccc1CNS(=O)(=O)CC#N. The maximum Gasteiger partial charge on any atom is 0.225 e. The molecule has 0 saturated heterocycles. The van der Waals surface area contributed by atoms with Crippen LogP contribution in [0.25, 0.3) is 0 Å². The Morgan fingerprint density at radius 1 is 1.31 bits per heavy atom. The maximum atomic E-state index is 11.3. The third-order valence-corrected chi connectivity index (χ3v) is 3.33. The van der Waals surface area contributed by atoms with Crippen LogP contribution in [-0.2, 0) is 23.0 Å². The molecule has 0 aromatic heterocycles. The molecule has 0 bridgehead atoms. The van der Waals surface area contributed by atoms with E-state index < -0.39 is 15.8 Å². The molecule has 0 aliphatic heterocycles. The lowest BCUT2D eigenvalue weighted by atomic mass is 10.1. The number of aryl methyl sites for hydroxylation is 1. The summed E-state index contributed by atoms with van der Waals surface area (Å²) in [6.45, 7) is 2.26. The third-order valence-electron chi connectivity index (χ3n) is 2.24. The monoisotopic (exact) mass is 238 g/mol. The molecule has 0 unspecified atom stereocenters. The molecule has 0 fully saturated rings. The van der Waals surface area contributed by atoms with E-state index in [1.165, 1.54) is 0 Å². The zero-order valence-electron chi connectivity index (χ0n) is 9.10. The Bertz CT molecular complexity index is 489. The lowest BCUT2D eigenvalue weighted by molar-refractivity contribution is 0.584. The third kappa shape index (κ3) is 3.65. The highest BCUT2D eigenvalue weighted by atomic mass is 32.2. The molecule has 1 aromatic carbocycles. The van der Waals surface area contributed by atoms with Crippen LogP contribution in [0.15, 0.2) is 24.3 Å². The van der Waals surface area contributed by atoms with Crippen LogP contribution in [0.2, 0.25) is 0 Å². The van der Waals surface area contributed by atoms with Gasteiger partial charge in [0.1, 0.15) is 0 Å². The lowest BCUT2D eigenvalue weighted by Crippen LogP contribution is -2.25. The van der Waals surface area contributed by atoms with Crippen molar-refractivity contribution in [2.45, 2.75) is 19.9 Å². The molecule has 0 aliphatic carbocycles. The van der Waals surface area contributed by atoms with Gasteiger partial charge in [0, 0.05) is 6.54 Å². The van der Waals surface area contributed by atoms with E-state index in [0.29, 0.717) is 0 Å². The van der Waals surface area contributed by atoms with Crippen molar-refractivity contribution in [3.8, 4) is 6.07 Å². The fraction of sp³-hybridized carbons (Fsp3) is 0.364. The van der Waals surface area contributed by atoms with E-state index in [4.69, 9.17) is 5.26 Å². The van der Waals surface area contributed by atoms with Gasteiger partial charge >= 0.3 is 0 Å². The Balaban J connectivity index is 2.72. The highest BCUT2D eigenvalue weighted by molar-refractivity contribution is 7.89. The van der Waals surface area contributed by atoms with Crippen LogP contribution < -0.4 is 4.72 Å². The van der Waals surface area contributed by atoms with Gasteiger partial charge in [-0.25, -0.2) is 13.1 Å². The van der Waals surface area contributed by atoms with Crippen molar-refractivity contribution in [2.75, 3.05) is 5.75 Å². The van der Waals surface area contributed by atoms with Crippen LogP contribution in [0, 0.1) is 11.3 Å². The molecule has 0 saturated carbocycles. The van der Waals surface area contributed by atoms with Gasteiger partial charge in [0.2, 0.25) is 10.0 Å². The average molecular weight is 238 g/mol. The standard InChI is InChI=1S/C11H14N2O2S/c1-2-10-5-3-4-6-11(10)9-13-16(14,15)8-7-12/h3-6,13H,2,8-9H2,1H3. The van der Waals surface area contributed by atoms with E-state index in [9.17, 15) is 8.42 Å². The highest BCUT2D eigenvalue weighted by Crippen LogP contribution is 2.09. The topological polar surface area (TPSA) is 70.0 Å². The van der Waals surface area contributed by atoms with Crippen LogP contribution in [0.4, 0.5) is 0 Å². The van der Waals surface area contributed by atoms with Gasteiger partial charge in [-0.3, -0.25) is 0 Å². The molecular formula is C11H14N2O2S. The summed E-state index contributed by atoms with van der Waals surface area (Å²) in [5.74, 6) is -0.499. The molecule has 86 valence electrons. The highest BCUT2D eigenvalue weighted by Gasteiger charge is 2.09. The molecule has 16 heavy (non-hydrogen) atoms. The quantitative estimate of drug-likeness (QED) is 0.837. The fourth-order valence-corrected chi connectivity index (χ4v) is 2.05. The zero-order valence-corrected chi connectivity index (χ0v) is 9.92. The van der Waals surface area contributed by atoms with Crippen LogP contribution >= 0.6 is 0 Å². The summed E-state index contributed by atoms with van der Waals surface area (Å²) >= 11 is 0. The molecule has 1 rings (SSSR count). The summed E-state index contributed by atoms with van der Waals surface area (Å²) in [7, 11) is -3.47. The summed E-state index contributed by atoms with van der Waals surface area (Å²) in [6, 6.07) is 9.26. The van der Waals surface area contributed by atoms with Gasteiger partial charge in [0.25, 0.3) is 0 Å². The number of sulfonamides is 1. The van der Waals surface area contributed by atoms with Crippen molar-refractivity contribution in [1.82, 2.24) is 4.72 Å². The predicted molar refractivity (Wildman–Crippen MR) is 62.1 cm³/mol. The second-order valence-corrected chi connectivity index (χ2v) is 5.17. The predicted octanol–water partition coefficient (Wildman–Crippen LogP) is 1.19. The van der Waals surface area contributed by atoms with Crippen LogP contribution in [0.3, 0.4) is 0 Å². The molecule has 0 aliphatic rings. The molecule has 0 radical (unpaired) electrons. The summed E-state index contributed by atoms with van der Waals surface area (Å²) in [4.78, 5) is 0.